The zero-order valence-corrected chi connectivity index (χ0v) is 21.1. The van der Waals surface area contributed by atoms with Gasteiger partial charge in [-0.2, -0.15) is 5.10 Å². The van der Waals surface area contributed by atoms with E-state index in [9.17, 15) is 4.79 Å². The summed E-state index contributed by atoms with van der Waals surface area (Å²) in [5.74, 6) is -0.0855. The number of amides is 1. The average molecular weight is 499 g/mol. The smallest absolute Gasteiger partial charge is 0.272 e. The molecule has 1 N–H and O–H groups in total. The molecule has 4 heterocycles. The van der Waals surface area contributed by atoms with Crippen LogP contribution in [0.25, 0.3) is 20.7 Å². The molecule has 1 saturated heterocycles. The minimum absolute atomic E-state index is 0.0855. The third-order valence-corrected chi connectivity index (χ3v) is 8.43. The number of aromatic nitrogens is 2. The van der Waals surface area contributed by atoms with E-state index in [4.69, 9.17) is 16.7 Å². The first kappa shape index (κ1) is 22.6. The molecular weight excluding hydrogens is 472 g/mol. The van der Waals surface area contributed by atoms with Crippen molar-refractivity contribution in [2.45, 2.75) is 45.3 Å². The van der Waals surface area contributed by atoms with Gasteiger partial charge in [-0.3, -0.25) is 9.48 Å². The second kappa shape index (κ2) is 9.58. The van der Waals surface area contributed by atoms with Crippen LogP contribution in [0.5, 0.6) is 0 Å². The number of carbonyl (C=O) groups excluding carboxylic acids is 1. The topological polar surface area (TPSA) is 50.2 Å². The van der Waals surface area contributed by atoms with Gasteiger partial charge in [-0.15, -0.1) is 22.7 Å². The average Bonchev–Trinajstić information content (AvgIpc) is 3.53. The molecule has 1 fully saturated rings. The molecule has 5 rings (SSSR count). The lowest BCUT2D eigenvalue weighted by Gasteiger charge is -2.34. The molecule has 4 aromatic rings. The van der Waals surface area contributed by atoms with Crippen molar-refractivity contribution < 1.29 is 4.79 Å². The van der Waals surface area contributed by atoms with Crippen molar-refractivity contribution in [1.29, 1.82) is 0 Å². The van der Waals surface area contributed by atoms with Gasteiger partial charge in [0.1, 0.15) is 0 Å². The fraction of sp³-hybridized carbons (Fsp3) is 0.360. The predicted molar refractivity (Wildman–Crippen MR) is 139 cm³/mol. The van der Waals surface area contributed by atoms with Crippen molar-refractivity contribution in [3.63, 3.8) is 0 Å². The SMILES string of the molecule is CC(C)N1CCC(NC(=O)c2cc(-c3cccs3)n(Cc3cc4ccc(Cl)cc4s3)n2)CC1. The Morgan fingerprint density at radius 2 is 2.03 bits per heavy atom. The summed E-state index contributed by atoms with van der Waals surface area (Å²) in [7, 11) is 0. The van der Waals surface area contributed by atoms with Crippen molar-refractivity contribution in [2.24, 2.45) is 0 Å². The van der Waals surface area contributed by atoms with Crippen LogP contribution >= 0.6 is 34.3 Å². The molecule has 1 aliphatic heterocycles. The first-order valence-corrected chi connectivity index (χ1v) is 13.4. The summed E-state index contributed by atoms with van der Waals surface area (Å²) >= 11 is 9.54. The quantitative estimate of drug-likeness (QED) is 0.348. The van der Waals surface area contributed by atoms with E-state index in [1.54, 1.807) is 22.7 Å². The molecule has 5 nitrogen and oxygen atoms in total. The summed E-state index contributed by atoms with van der Waals surface area (Å²) in [6, 6.07) is 14.9. The summed E-state index contributed by atoms with van der Waals surface area (Å²) in [6.07, 6.45) is 1.96. The third-order valence-electron chi connectivity index (χ3n) is 6.22. The second-order valence-electron chi connectivity index (χ2n) is 8.82. The van der Waals surface area contributed by atoms with Crippen LogP contribution in [0.15, 0.2) is 47.8 Å². The molecule has 0 atom stereocenters. The van der Waals surface area contributed by atoms with Gasteiger partial charge in [-0.25, -0.2) is 0 Å². The van der Waals surface area contributed by atoms with Gasteiger partial charge in [0.25, 0.3) is 5.91 Å². The molecule has 33 heavy (non-hydrogen) atoms. The molecule has 1 amide bonds. The first-order chi connectivity index (χ1) is 16.0. The molecule has 8 heteroatoms. The lowest BCUT2D eigenvalue weighted by atomic mass is 10.0. The van der Waals surface area contributed by atoms with Gasteiger partial charge in [0, 0.05) is 39.8 Å². The van der Waals surface area contributed by atoms with Crippen LogP contribution in [0, 0.1) is 0 Å². The monoisotopic (exact) mass is 498 g/mol. The Balaban J connectivity index is 1.36. The number of likely N-dealkylation sites (tertiary alicyclic amines) is 1. The molecule has 0 aliphatic carbocycles. The fourth-order valence-electron chi connectivity index (χ4n) is 4.38. The molecule has 0 radical (unpaired) electrons. The minimum Gasteiger partial charge on any atom is -0.348 e. The molecule has 3 aromatic heterocycles. The van der Waals surface area contributed by atoms with E-state index in [1.165, 1.54) is 10.3 Å². The van der Waals surface area contributed by atoms with Crippen LogP contribution in [0.1, 0.15) is 42.1 Å². The predicted octanol–water partition coefficient (Wildman–Crippen LogP) is 6.13. The maximum absolute atomic E-state index is 13.1. The number of rotatable bonds is 6. The van der Waals surface area contributed by atoms with Crippen molar-refractivity contribution in [3.8, 4) is 10.6 Å². The zero-order valence-electron chi connectivity index (χ0n) is 18.8. The van der Waals surface area contributed by atoms with E-state index in [2.05, 4.69) is 41.6 Å². The number of carbonyl (C=O) groups is 1. The van der Waals surface area contributed by atoms with Crippen LogP contribution in [0.2, 0.25) is 5.02 Å². The van der Waals surface area contributed by atoms with Gasteiger partial charge in [0.05, 0.1) is 17.1 Å². The highest BCUT2D eigenvalue weighted by Crippen LogP contribution is 2.31. The Morgan fingerprint density at radius 3 is 2.76 bits per heavy atom. The number of fused-ring (bicyclic) bond motifs is 1. The Morgan fingerprint density at radius 1 is 1.21 bits per heavy atom. The Hall–Kier alpha value is -2.19. The minimum atomic E-state index is -0.0855. The molecule has 172 valence electrons. The lowest BCUT2D eigenvalue weighted by molar-refractivity contribution is 0.0895. The van der Waals surface area contributed by atoms with Gasteiger partial charge in [0.2, 0.25) is 0 Å². The molecule has 0 saturated carbocycles. The summed E-state index contributed by atoms with van der Waals surface area (Å²) in [5.41, 5.74) is 1.45. The Labute approximate surface area is 207 Å². The molecule has 0 bridgehead atoms. The van der Waals surface area contributed by atoms with Crippen molar-refractivity contribution in [2.75, 3.05) is 13.1 Å². The number of piperidine rings is 1. The highest BCUT2D eigenvalue weighted by Gasteiger charge is 2.24. The van der Waals surface area contributed by atoms with Gasteiger partial charge in [0.15, 0.2) is 5.69 Å². The maximum atomic E-state index is 13.1. The number of hydrogen-bond donors (Lipinski definition) is 1. The first-order valence-electron chi connectivity index (χ1n) is 11.3. The van der Waals surface area contributed by atoms with Crippen molar-refractivity contribution in [1.82, 2.24) is 20.0 Å². The number of nitrogens with one attached hydrogen (secondary N) is 1. The van der Waals surface area contributed by atoms with Crippen LogP contribution < -0.4 is 5.32 Å². The standard InChI is InChI=1S/C25H27ClN4OS2/c1-16(2)29-9-7-19(8-10-29)27-25(31)21-14-22(23-4-3-11-32-23)30(28-21)15-20-12-17-5-6-18(26)13-24(17)33-20/h3-6,11-14,16,19H,7-10,15H2,1-2H3,(H,27,31). The summed E-state index contributed by atoms with van der Waals surface area (Å²) in [6.45, 7) is 7.11. The number of thiophene rings is 2. The lowest BCUT2D eigenvalue weighted by Crippen LogP contribution is -2.46. The molecule has 1 aromatic carbocycles. The van der Waals surface area contributed by atoms with Crippen molar-refractivity contribution in [3.05, 3.63) is 63.4 Å². The fourth-order valence-corrected chi connectivity index (χ4v) is 6.44. The number of nitrogens with zero attached hydrogens (tertiary/aromatic N) is 3. The molecule has 1 aliphatic rings. The third kappa shape index (κ3) is 5.01. The van der Waals surface area contributed by atoms with E-state index in [0.29, 0.717) is 18.3 Å². The molecule has 0 unspecified atom stereocenters. The Kier molecular flexibility index (Phi) is 6.56. The summed E-state index contributed by atoms with van der Waals surface area (Å²) < 4.78 is 3.11. The van der Waals surface area contributed by atoms with Gasteiger partial charge < -0.3 is 10.2 Å². The normalized spacial score (nSPS) is 15.5. The molecular formula is C25H27ClN4OS2. The van der Waals surface area contributed by atoms with Crippen molar-refractivity contribution >= 4 is 50.3 Å². The van der Waals surface area contributed by atoms with Crippen LogP contribution in [0.3, 0.4) is 0 Å². The molecule has 0 spiro atoms. The zero-order chi connectivity index (χ0) is 22.9. The van der Waals surface area contributed by atoms with Crippen LogP contribution in [-0.2, 0) is 6.54 Å². The highest BCUT2D eigenvalue weighted by atomic mass is 35.5. The van der Waals surface area contributed by atoms with Gasteiger partial charge in [-0.05, 0) is 67.8 Å². The number of halogens is 1. The van der Waals surface area contributed by atoms with E-state index in [1.807, 2.05) is 35.0 Å². The number of hydrogen-bond acceptors (Lipinski definition) is 5. The maximum Gasteiger partial charge on any atom is 0.272 e. The van der Waals surface area contributed by atoms with E-state index in [-0.39, 0.29) is 11.9 Å². The highest BCUT2D eigenvalue weighted by molar-refractivity contribution is 7.19. The second-order valence-corrected chi connectivity index (χ2v) is 11.4. The van der Waals surface area contributed by atoms with Gasteiger partial charge >= 0.3 is 0 Å². The van der Waals surface area contributed by atoms with E-state index < -0.39 is 0 Å². The van der Waals surface area contributed by atoms with Crippen LogP contribution in [-0.4, -0.2) is 45.8 Å². The largest absolute Gasteiger partial charge is 0.348 e. The van der Waals surface area contributed by atoms with E-state index >= 15 is 0 Å². The Bertz CT molecular complexity index is 1250. The number of benzene rings is 1. The van der Waals surface area contributed by atoms with Crippen LogP contribution in [0.4, 0.5) is 0 Å². The van der Waals surface area contributed by atoms with Gasteiger partial charge in [-0.1, -0.05) is 23.7 Å². The van der Waals surface area contributed by atoms with E-state index in [0.717, 1.165) is 46.2 Å². The summed E-state index contributed by atoms with van der Waals surface area (Å²) in [5, 5.41) is 11.9. The summed E-state index contributed by atoms with van der Waals surface area (Å²) in [4.78, 5) is 17.8.